The van der Waals surface area contributed by atoms with Gasteiger partial charge in [0.1, 0.15) is 0 Å². The molecule has 6 rings (SSSR count). The maximum absolute atomic E-state index is 12.0. The highest BCUT2D eigenvalue weighted by molar-refractivity contribution is 5.82. The lowest BCUT2D eigenvalue weighted by atomic mass is 9.44. The Kier molecular flexibility index (Phi) is 5.35. The molecule has 1 heterocycles. The topological polar surface area (TPSA) is 33.2 Å². The van der Waals surface area contributed by atoms with Crippen LogP contribution in [0.2, 0.25) is 0 Å². The molecule has 4 aliphatic carbocycles. The lowest BCUT2D eigenvalue weighted by Gasteiger charge is -2.61. The van der Waals surface area contributed by atoms with Crippen LogP contribution in [0.1, 0.15) is 90.0 Å². The fraction of sp³-hybridized carbons (Fsp3) is 0.677. The number of carbonyl (C=O) groups is 1. The molecule has 34 heavy (non-hydrogen) atoms. The van der Waals surface area contributed by atoms with Gasteiger partial charge in [0.15, 0.2) is 0 Å². The van der Waals surface area contributed by atoms with Gasteiger partial charge in [-0.15, -0.1) is 0 Å². The van der Waals surface area contributed by atoms with E-state index in [1.54, 1.807) is 12.5 Å². The minimum Gasteiger partial charge on any atom is -0.343 e. The number of benzene rings is 1. The average molecular weight is 459 g/mol. The van der Waals surface area contributed by atoms with Crippen molar-refractivity contribution in [1.29, 1.82) is 0 Å². The minimum absolute atomic E-state index is 0.234. The Balaban J connectivity index is 1.24. The molecule has 3 nitrogen and oxygen atoms in total. The molecule has 4 fully saturated rings. The van der Waals surface area contributed by atoms with Gasteiger partial charge in [-0.3, -0.25) is 9.78 Å². The molecule has 182 valence electrons. The number of aromatic nitrogens is 1. The van der Waals surface area contributed by atoms with Gasteiger partial charge in [-0.1, -0.05) is 26.0 Å². The second-order valence-electron chi connectivity index (χ2n) is 12.9. The molecule has 1 aromatic heterocycles. The van der Waals surface area contributed by atoms with Gasteiger partial charge in [0.25, 0.3) is 0 Å². The Labute approximate surface area is 205 Å². The zero-order chi connectivity index (χ0) is 23.7. The van der Waals surface area contributed by atoms with Gasteiger partial charge < -0.3 is 4.90 Å². The van der Waals surface area contributed by atoms with Crippen LogP contribution in [0.3, 0.4) is 0 Å². The third-order valence-corrected chi connectivity index (χ3v) is 11.7. The van der Waals surface area contributed by atoms with Gasteiger partial charge >= 0.3 is 0 Å². The van der Waals surface area contributed by atoms with Crippen LogP contribution in [0, 0.1) is 34.5 Å². The lowest BCUT2D eigenvalue weighted by molar-refractivity contribution is -0.137. The van der Waals surface area contributed by atoms with Crippen LogP contribution in [0.5, 0.6) is 0 Å². The normalized spacial score (nSPS) is 41.4. The second kappa shape index (κ2) is 8.07. The van der Waals surface area contributed by atoms with E-state index in [9.17, 15) is 4.79 Å². The summed E-state index contributed by atoms with van der Waals surface area (Å²) in [6, 6.07) is 9.76. The molecule has 8 atom stereocenters. The van der Waals surface area contributed by atoms with Crippen molar-refractivity contribution in [2.45, 2.75) is 90.5 Å². The molecule has 3 heteroatoms. The summed E-state index contributed by atoms with van der Waals surface area (Å²) in [4.78, 5) is 18.4. The summed E-state index contributed by atoms with van der Waals surface area (Å²) in [5.74, 6) is 4.37. The molecule has 2 aromatic rings. The predicted octanol–water partition coefficient (Wildman–Crippen LogP) is 7.21. The maximum atomic E-state index is 12.0. The van der Waals surface area contributed by atoms with Crippen LogP contribution in [0.15, 0.2) is 36.7 Å². The zero-order valence-electron chi connectivity index (χ0n) is 21.6. The van der Waals surface area contributed by atoms with Crippen molar-refractivity contribution in [3.63, 3.8) is 0 Å². The van der Waals surface area contributed by atoms with Crippen molar-refractivity contribution in [2.24, 2.45) is 34.5 Å². The highest BCUT2D eigenvalue weighted by atomic mass is 16.2. The van der Waals surface area contributed by atoms with E-state index in [4.69, 9.17) is 0 Å². The van der Waals surface area contributed by atoms with Gasteiger partial charge in [0.05, 0.1) is 0 Å². The number of pyridine rings is 1. The number of rotatable bonds is 2. The van der Waals surface area contributed by atoms with Crippen molar-refractivity contribution in [3.05, 3.63) is 42.2 Å². The van der Waals surface area contributed by atoms with Gasteiger partial charge in [0, 0.05) is 37.8 Å². The Morgan fingerprint density at radius 1 is 0.941 bits per heavy atom. The Bertz CT molecular complexity index is 1100. The van der Waals surface area contributed by atoms with Crippen LogP contribution in [-0.2, 0) is 4.79 Å². The summed E-state index contributed by atoms with van der Waals surface area (Å²) < 4.78 is 0. The highest BCUT2D eigenvalue weighted by Crippen LogP contribution is 2.69. The second-order valence-corrected chi connectivity index (χ2v) is 12.9. The first kappa shape index (κ1) is 22.6. The monoisotopic (exact) mass is 458 g/mol. The van der Waals surface area contributed by atoms with Gasteiger partial charge in [0.2, 0.25) is 5.91 Å². The average Bonchev–Trinajstić information content (AvgIpc) is 3.20. The number of nitrogens with zero attached hydrogens (tertiary/aromatic N) is 2. The van der Waals surface area contributed by atoms with Crippen molar-refractivity contribution in [1.82, 2.24) is 9.88 Å². The molecule has 1 aromatic carbocycles. The summed E-state index contributed by atoms with van der Waals surface area (Å²) in [6.07, 6.45) is 16.0. The summed E-state index contributed by atoms with van der Waals surface area (Å²) in [7, 11) is 2.02. The smallest absolute Gasteiger partial charge is 0.219 e. The SMILES string of the molecule is CC(=O)N(C)[C@H]1CC[C@@]2(C)C(CC[C@@H]3C2CC[C@]2(C)[C@@H](c4ccc5ccncc5c4)CC[C@@H]32)C1. The van der Waals surface area contributed by atoms with Crippen molar-refractivity contribution in [3.8, 4) is 0 Å². The summed E-state index contributed by atoms with van der Waals surface area (Å²) in [5.41, 5.74) is 2.47. The van der Waals surface area contributed by atoms with E-state index in [-0.39, 0.29) is 5.91 Å². The number of fused-ring (bicyclic) bond motifs is 6. The van der Waals surface area contributed by atoms with E-state index in [0.717, 1.165) is 23.7 Å². The lowest BCUT2D eigenvalue weighted by Crippen LogP contribution is -2.55. The van der Waals surface area contributed by atoms with Crippen LogP contribution in [0.25, 0.3) is 10.8 Å². The molecule has 0 spiro atoms. The van der Waals surface area contributed by atoms with Gasteiger partial charge in [-0.05, 0) is 121 Å². The van der Waals surface area contributed by atoms with E-state index < -0.39 is 0 Å². The summed E-state index contributed by atoms with van der Waals surface area (Å²) in [6.45, 7) is 7.02. The molecule has 0 radical (unpaired) electrons. The van der Waals surface area contributed by atoms with Crippen LogP contribution in [0.4, 0.5) is 0 Å². The first-order valence-corrected chi connectivity index (χ1v) is 13.9. The third-order valence-electron chi connectivity index (χ3n) is 11.7. The minimum atomic E-state index is 0.234. The van der Waals surface area contributed by atoms with Crippen LogP contribution >= 0.6 is 0 Å². The standard InChI is InChI=1S/C31H42N2O/c1-20(34)33(4)25-11-14-30(2)24(18-25)7-8-26-28-10-9-27(31(28,3)15-12-29(26)30)22-6-5-21-13-16-32-19-23(21)17-22/h5-6,13,16-17,19,24-29H,7-12,14-15,18H2,1-4H3/t24?,25-,26-,27+,28-,29?,30-,31+/m0/s1. The fourth-order valence-electron chi connectivity index (χ4n) is 9.71. The van der Waals surface area contributed by atoms with Crippen LogP contribution in [-0.4, -0.2) is 28.9 Å². The first-order chi connectivity index (χ1) is 16.3. The first-order valence-electron chi connectivity index (χ1n) is 13.9. The molecule has 0 N–H and O–H groups in total. The fourth-order valence-corrected chi connectivity index (χ4v) is 9.71. The van der Waals surface area contributed by atoms with E-state index in [2.05, 4.69) is 43.1 Å². The maximum Gasteiger partial charge on any atom is 0.219 e. The Hall–Kier alpha value is -1.90. The van der Waals surface area contributed by atoms with Crippen molar-refractivity contribution >= 4 is 16.7 Å². The van der Waals surface area contributed by atoms with E-state index in [0.29, 0.717) is 22.8 Å². The molecule has 0 saturated heterocycles. The Morgan fingerprint density at radius 3 is 2.56 bits per heavy atom. The number of carbonyl (C=O) groups excluding carboxylic acids is 1. The summed E-state index contributed by atoms with van der Waals surface area (Å²) in [5, 5.41) is 2.60. The molecule has 2 unspecified atom stereocenters. The molecule has 4 aliphatic rings. The van der Waals surface area contributed by atoms with Gasteiger partial charge in [-0.2, -0.15) is 0 Å². The number of hydrogen-bond donors (Lipinski definition) is 0. The van der Waals surface area contributed by atoms with Crippen molar-refractivity contribution < 1.29 is 4.79 Å². The van der Waals surface area contributed by atoms with E-state index in [1.807, 2.05) is 24.3 Å². The summed E-state index contributed by atoms with van der Waals surface area (Å²) >= 11 is 0. The molecule has 1 amide bonds. The molecule has 0 bridgehead atoms. The van der Waals surface area contributed by atoms with Crippen molar-refractivity contribution in [2.75, 3.05) is 7.05 Å². The van der Waals surface area contributed by atoms with Gasteiger partial charge in [-0.25, -0.2) is 0 Å². The molecular formula is C31H42N2O. The van der Waals surface area contributed by atoms with E-state index >= 15 is 0 Å². The molecular weight excluding hydrogens is 416 g/mol. The highest BCUT2D eigenvalue weighted by Gasteiger charge is 2.60. The molecule has 0 aliphatic heterocycles. The van der Waals surface area contributed by atoms with E-state index in [1.165, 1.54) is 68.6 Å². The zero-order valence-corrected chi connectivity index (χ0v) is 21.6. The number of hydrogen-bond acceptors (Lipinski definition) is 2. The Morgan fingerprint density at radius 2 is 1.74 bits per heavy atom. The molecule has 4 saturated carbocycles. The quantitative estimate of drug-likeness (QED) is 0.476. The van der Waals surface area contributed by atoms with Crippen LogP contribution < -0.4 is 0 Å². The largest absolute Gasteiger partial charge is 0.343 e. The predicted molar refractivity (Wildman–Crippen MR) is 138 cm³/mol. The number of amides is 1. The third kappa shape index (κ3) is 3.28.